The van der Waals surface area contributed by atoms with Crippen LogP contribution in [0.25, 0.3) is 0 Å². The molecular weight excluding hydrogens is 286 g/mol. The van der Waals surface area contributed by atoms with Crippen molar-refractivity contribution in [3.05, 3.63) is 53.6 Å². The van der Waals surface area contributed by atoms with Crippen LogP contribution in [0.1, 0.15) is 24.5 Å². The minimum Gasteiger partial charge on any atom is -0.494 e. The fourth-order valence-corrected chi connectivity index (χ4v) is 2.16. The first kappa shape index (κ1) is 16.6. The van der Waals surface area contributed by atoms with Gasteiger partial charge in [-0.15, -0.1) is 0 Å². The number of aryl methyl sites for hydroxylation is 1. The number of aliphatic imine (C=N–C) groups is 1. The van der Waals surface area contributed by atoms with Crippen molar-refractivity contribution in [2.24, 2.45) is 4.99 Å². The van der Waals surface area contributed by atoms with Gasteiger partial charge in [0.25, 0.3) is 0 Å². The Morgan fingerprint density at radius 2 is 2.00 bits per heavy atom. The van der Waals surface area contributed by atoms with Crippen molar-refractivity contribution in [2.45, 2.75) is 20.3 Å². The number of nitrogens with one attached hydrogen (secondary N) is 1. The van der Waals surface area contributed by atoms with E-state index in [1.165, 1.54) is 0 Å². The molecule has 0 aliphatic carbocycles. The summed E-state index contributed by atoms with van der Waals surface area (Å²) in [5.74, 6) is 0.857. The van der Waals surface area contributed by atoms with E-state index in [0.29, 0.717) is 19.6 Å². The number of anilines is 1. The van der Waals surface area contributed by atoms with E-state index in [1.807, 2.05) is 56.5 Å². The first-order valence-corrected chi connectivity index (χ1v) is 7.71. The Morgan fingerprint density at radius 3 is 2.65 bits per heavy atom. The van der Waals surface area contributed by atoms with Gasteiger partial charge >= 0.3 is 0 Å². The van der Waals surface area contributed by atoms with Crippen LogP contribution < -0.4 is 10.1 Å². The lowest BCUT2D eigenvalue weighted by molar-refractivity contribution is 0.340. The zero-order valence-electron chi connectivity index (χ0n) is 13.5. The Morgan fingerprint density at radius 1 is 1.22 bits per heavy atom. The van der Waals surface area contributed by atoms with Gasteiger partial charge in [-0.1, -0.05) is 6.07 Å². The van der Waals surface area contributed by atoms with Gasteiger partial charge in [0.05, 0.1) is 24.8 Å². The van der Waals surface area contributed by atoms with Gasteiger partial charge < -0.3 is 10.1 Å². The monoisotopic (exact) mass is 307 g/mol. The first-order chi connectivity index (χ1) is 11.2. The summed E-state index contributed by atoms with van der Waals surface area (Å²) in [6.45, 7) is 5.34. The largest absolute Gasteiger partial charge is 0.494 e. The minimum absolute atomic E-state index is 0.500. The van der Waals surface area contributed by atoms with Gasteiger partial charge in [-0.05, 0) is 61.4 Å². The molecule has 0 fully saturated rings. The number of hydrogen-bond donors (Lipinski definition) is 1. The van der Waals surface area contributed by atoms with E-state index in [-0.39, 0.29) is 0 Å². The Kier molecular flexibility index (Phi) is 6.19. The van der Waals surface area contributed by atoms with Gasteiger partial charge in [-0.2, -0.15) is 5.26 Å². The molecule has 0 aliphatic heterocycles. The van der Waals surface area contributed by atoms with Crippen LogP contribution in [0.5, 0.6) is 5.75 Å². The standard InChI is InChI=1S/C19H21N3O/c1-3-23-18-8-6-17(7-9-18)22-14-16-5-10-19(15(2)13-16)21-12-4-11-20/h5-10,13-14,21H,3-4,12H2,1-2H3. The Hall–Kier alpha value is -2.80. The molecular formula is C19H21N3O. The molecule has 0 amide bonds. The van der Waals surface area contributed by atoms with E-state index in [9.17, 15) is 0 Å². The second-order valence-corrected chi connectivity index (χ2v) is 5.09. The van der Waals surface area contributed by atoms with Gasteiger partial charge in [-0.3, -0.25) is 4.99 Å². The smallest absolute Gasteiger partial charge is 0.119 e. The van der Waals surface area contributed by atoms with Crippen molar-refractivity contribution < 1.29 is 4.74 Å². The molecule has 0 bridgehead atoms. The highest BCUT2D eigenvalue weighted by Gasteiger charge is 1.99. The Bertz CT molecular complexity index is 700. The van der Waals surface area contributed by atoms with Crippen LogP contribution in [0.2, 0.25) is 0 Å². The number of benzene rings is 2. The molecule has 1 N–H and O–H groups in total. The molecule has 0 aliphatic rings. The summed E-state index contributed by atoms with van der Waals surface area (Å²) in [4.78, 5) is 4.48. The van der Waals surface area contributed by atoms with Crippen molar-refractivity contribution in [2.75, 3.05) is 18.5 Å². The first-order valence-electron chi connectivity index (χ1n) is 7.71. The zero-order valence-corrected chi connectivity index (χ0v) is 13.5. The van der Waals surface area contributed by atoms with Gasteiger partial charge in [0.15, 0.2) is 0 Å². The number of nitrogens with zero attached hydrogens (tertiary/aromatic N) is 2. The predicted molar refractivity (Wildman–Crippen MR) is 94.8 cm³/mol. The van der Waals surface area contributed by atoms with Gasteiger partial charge in [-0.25, -0.2) is 0 Å². The third kappa shape index (κ3) is 5.15. The van der Waals surface area contributed by atoms with Crippen LogP contribution in [0, 0.1) is 18.3 Å². The van der Waals surface area contributed by atoms with Crippen LogP contribution in [-0.4, -0.2) is 19.4 Å². The van der Waals surface area contributed by atoms with Crippen LogP contribution in [0.15, 0.2) is 47.5 Å². The van der Waals surface area contributed by atoms with E-state index in [1.54, 1.807) is 0 Å². The van der Waals surface area contributed by atoms with Gasteiger partial charge in [0.1, 0.15) is 5.75 Å². The highest BCUT2D eigenvalue weighted by molar-refractivity contribution is 5.83. The summed E-state index contributed by atoms with van der Waals surface area (Å²) in [5.41, 5.74) is 4.13. The van der Waals surface area contributed by atoms with Gasteiger partial charge in [0, 0.05) is 18.4 Å². The van der Waals surface area contributed by atoms with E-state index < -0.39 is 0 Å². The normalized spacial score (nSPS) is 10.5. The Balaban J connectivity index is 2.02. The molecule has 2 rings (SSSR count). The molecule has 0 saturated heterocycles. The summed E-state index contributed by atoms with van der Waals surface area (Å²) in [7, 11) is 0. The molecule has 118 valence electrons. The molecule has 23 heavy (non-hydrogen) atoms. The molecule has 4 nitrogen and oxygen atoms in total. The number of rotatable bonds is 7. The highest BCUT2D eigenvalue weighted by Crippen LogP contribution is 2.19. The maximum absolute atomic E-state index is 8.57. The number of ether oxygens (including phenoxy) is 1. The Labute approximate surface area is 137 Å². The van der Waals surface area contributed by atoms with Crippen LogP contribution in [0.4, 0.5) is 11.4 Å². The molecule has 0 aromatic heterocycles. The molecule has 2 aromatic rings. The third-order valence-corrected chi connectivity index (χ3v) is 3.31. The molecule has 0 saturated carbocycles. The zero-order chi connectivity index (χ0) is 16.5. The van der Waals surface area contributed by atoms with E-state index in [4.69, 9.17) is 10.00 Å². The predicted octanol–water partition coefficient (Wildman–Crippen LogP) is 4.47. The fourth-order valence-electron chi connectivity index (χ4n) is 2.16. The topological polar surface area (TPSA) is 57.4 Å². The average molecular weight is 307 g/mol. The van der Waals surface area contributed by atoms with Crippen molar-refractivity contribution >= 4 is 17.6 Å². The summed E-state index contributed by atoms with van der Waals surface area (Å²) in [6, 6.07) is 16.0. The fraction of sp³-hybridized carbons (Fsp3) is 0.263. The maximum Gasteiger partial charge on any atom is 0.119 e. The van der Waals surface area contributed by atoms with Crippen molar-refractivity contribution in [3.63, 3.8) is 0 Å². The molecule has 0 unspecified atom stereocenters. The van der Waals surface area contributed by atoms with E-state index in [2.05, 4.69) is 22.4 Å². The highest BCUT2D eigenvalue weighted by atomic mass is 16.5. The molecule has 2 aromatic carbocycles. The van der Waals surface area contributed by atoms with Crippen LogP contribution in [-0.2, 0) is 0 Å². The summed E-state index contributed by atoms with van der Waals surface area (Å²) in [5, 5.41) is 11.8. The second kappa shape index (κ2) is 8.60. The second-order valence-electron chi connectivity index (χ2n) is 5.09. The SMILES string of the molecule is CCOc1ccc(N=Cc2ccc(NCCC#N)c(C)c2)cc1. The number of nitriles is 1. The molecule has 0 radical (unpaired) electrons. The molecule has 0 heterocycles. The van der Waals surface area contributed by atoms with Crippen LogP contribution in [0.3, 0.4) is 0 Å². The van der Waals surface area contributed by atoms with Crippen molar-refractivity contribution in [1.29, 1.82) is 5.26 Å². The molecule has 0 atom stereocenters. The summed E-state index contributed by atoms with van der Waals surface area (Å²) < 4.78 is 5.41. The summed E-state index contributed by atoms with van der Waals surface area (Å²) >= 11 is 0. The van der Waals surface area contributed by atoms with Crippen LogP contribution >= 0.6 is 0 Å². The van der Waals surface area contributed by atoms with Crippen molar-refractivity contribution in [1.82, 2.24) is 0 Å². The minimum atomic E-state index is 0.500. The molecule has 0 spiro atoms. The van der Waals surface area contributed by atoms with E-state index in [0.717, 1.165) is 28.3 Å². The lowest BCUT2D eigenvalue weighted by atomic mass is 10.1. The quantitative estimate of drug-likeness (QED) is 0.606. The average Bonchev–Trinajstić information content (AvgIpc) is 2.56. The molecule has 4 heteroatoms. The van der Waals surface area contributed by atoms with Crippen molar-refractivity contribution in [3.8, 4) is 11.8 Å². The lowest BCUT2D eigenvalue weighted by Crippen LogP contribution is -2.02. The third-order valence-electron chi connectivity index (χ3n) is 3.31. The maximum atomic E-state index is 8.57. The van der Waals surface area contributed by atoms with E-state index >= 15 is 0 Å². The van der Waals surface area contributed by atoms with Gasteiger partial charge in [0.2, 0.25) is 0 Å². The number of hydrogen-bond acceptors (Lipinski definition) is 4. The lowest BCUT2D eigenvalue weighted by Gasteiger charge is -2.08. The summed E-state index contributed by atoms with van der Waals surface area (Å²) in [6.07, 6.45) is 2.35.